The second-order valence-electron chi connectivity index (χ2n) is 22.3. The van der Waals surface area contributed by atoms with E-state index in [1.165, 1.54) is 161 Å². The molecule has 0 saturated carbocycles. The number of hydrogen-bond acceptors (Lipinski definition) is 6. The molecule has 0 aromatic rings. The Kier molecular flexibility index (Phi) is 64.3. The zero-order valence-electron chi connectivity index (χ0n) is 52.6. The van der Waals surface area contributed by atoms with Gasteiger partial charge in [0.2, 0.25) is 0 Å². The molecule has 0 amide bonds. The Hall–Kier alpha value is -3.93. The summed E-state index contributed by atoms with van der Waals surface area (Å²) in [5, 5.41) is 0. The van der Waals surface area contributed by atoms with Crippen molar-refractivity contribution in [2.75, 3.05) is 13.2 Å². The standard InChI is InChI=1S/C74H126O6/c1-4-7-10-13-16-19-22-25-28-31-32-33-34-35-36-37-38-39-40-41-42-44-46-49-52-55-58-61-64-67-73(76)79-70-71(69-78-72(75)66-63-60-57-54-51-48-45-30-27-24-21-18-15-12-9-6-3)80-74(77)68-65-62-59-56-53-50-47-43-29-26-23-20-17-14-11-8-5-2/h7,10,16-17,19-21,24-26,28-30,32-33,35-36,45,71H,4-6,8-9,11-15,18,22-23,27,31,34,37-44,46-70H2,1-3H3/b10-7-,19-16-,20-17-,24-21-,28-25-,29-26-,33-32-,36-35-,45-30-. The van der Waals surface area contributed by atoms with Gasteiger partial charge in [-0.05, 0) is 128 Å². The van der Waals surface area contributed by atoms with E-state index in [2.05, 4.69) is 130 Å². The van der Waals surface area contributed by atoms with E-state index < -0.39 is 6.10 Å². The molecule has 80 heavy (non-hydrogen) atoms. The van der Waals surface area contributed by atoms with Gasteiger partial charge >= 0.3 is 17.9 Å². The predicted octanol–water partition coefficient (Wildman–Crippen LogP) is 23.4. The smallest absolute Gasteiger partial charge is 0.306 e. The molecule has 0 N–H and O–H groups in total. The molecule has 0 heterocycles. The number of hydrogen-bond donors (Lipinski definition) is 0. The van der Waals surface area contributed by atoms with Crippen LogP contribution < -0.4 is 0 Å². The molecule has 0 bridgehead atoms. The van der Waals surface area contributed by atoms with Gasteiger partial charge in [-0.2, -0.15) is 0 Å². The van der Waals surface area contributed by atoms with Crippen LogP contribution in [0.2, 0.25) is 0 Å². The third-order valence-electron chi connectivity index (χ3n) is 14.5. The first-order valence-corrected chi connectivity index (χ1v) is 33.9. The SMILES string of the molecule is CC/C=C\C/C=C\C/C=C\C/C=C\C/C=C\CCCCCCCCCCCCCCCC(=O)OCC(COC(=O)CCCCCCC/C=C\C/C=C\CCCCCC)OC(=O)CCCCCCCCC/C=C\C/C=C\CCCCC. The number of allylic oxidation sites excluding steroid dienone is 18. The van der Waals surface area contributed by atoms with Crippen molar-refractivity contribution in [1.82, 2.24) is 0 Å². The maximum absolute atomic E-state index is 12.9. The molecule has 458 valence electrons. The molecule has 0 aliphatic heterocycles. The van der Waals surface area contributed by atoms with Crippen molar-refractivity contribution in [2.24, 2.45) is 0 Å². The monoisotopic (exact) mass is 1110 g/mol. The van der Waals surface area contributed by atoms with Gasteiger partial charge in [-0.3, -0.25) is 14.4 Å². The number of carbonyl (C=O) groups is 3. The molecular formula is C74H126O6. The molecule has 0 spiro atoms. The molecule has 0 saturated heterocycles. The fourth-order valence-electron chi connectivity index (χ4n) is 9.41. The van der Waals surface area contributed by atoms with Gasteiger partial charge in [0.1, 0.15) is 13.2 Å². The van der Waals surface area contributed by atoms with E-state index in [1.54, 1.807) is 0 Å². The van der Waals surface area contributed by atoms with E-state index in [4.69, 9.17) is 14.2 Å². The average molecular weight is 1110 g/mol. The molecule has 0 rings (SSSR count). The number of carbonyl (C=O) groups excluding carboxylic acids is 3. The third-order valence-corrected chi connectivity index (χ3v) is 14.5. The summed E-state index contributed by atoms with van der Waals surface area (Å²) in [6.07, 6.45) is 92.4. The van der Waals surface area contributed by atoms with Crippen LogP contribution in [0.4, 0.5) is 0 Å². The largest absolute Gasteiger partial charge is 0.462 e. The van der Waals surface area contributed by atoms with Crippen molar-refractivity contribution in [2.45, 2.75) is 329 Å². The number of unbranched alkanes of at least 4 members (excludes halogenated alkanes) is 32. The molecular weight excluding hydrogens is 985 g/mol. The van der Waals surface area contributed by atoms with Crippen LogP contribution in [0.15, 0.2) is 109 Å². The Morgan fingerprint density at radius 1 is 0.263 bits per heavy atom. The first-order chi connectivity index (χ1) is 39.5. The minimum absolute atomic E-state index is 0.0856. The summed E-state index contributed by atoms with van der Waals surface area (Å²) in [4.78, 5) is 38.4. The molecule has 0 radical (unpaired) electrons. The highest BCUT2D eigenvalue weighted by Crippen LogP contribution is 2.16. The first-order valence-electron chi connectivity index (χ1n) is 33.9. The van der Waals surface area contributed by atoms with Crippen LogP contribution in [0.25, 0.3) is 0 Å². The summed E-state index contributed by atoms with van der Waals surface area (Å²) >= 11 is 0. The van der Waals surface area contributed by atoms with Gasteiger partial charge in [0.25, 0.3) is 0 Å². The van der Waals surface area contributed by atoms with Crippen LogP contribution in [0, 0.1) is 0 Å². The molecule has 6 heteroatoms. The van der Waals surface area contributed by atoms with E-state index in [1.807, 2.05) is 0 Å². The normalized spacial score (nSPS) is 12.8. The predicted molar refractivity (Wildman–Crippen MR) is 348 cm³/mol. The van der Waals surface area contributed by atoms with Crippen molar-refractivity contribution in [1.29, 1.82) is 0 Å². The zero-order chi connectivity index (χ0) is 57.8. The molecule has 0 aliphatic carbocycles. The average Bonchev–Trinajstić information content (AvgIpc) is 3.46. The van der Waals surface area contributed by atoms with Gasteiger partial charge in [0.15, 0.2) is 6.10 Å². The van der Waals surface area contributed by atoms with E-state index >= 15 is 0 Å². The van der Waals surface area contributed by atoms with Crippen LogP contribution in [0.5, 0.6) is 0 Å². The van der Waals surface area contributed by atoms with Crippen molar-refractivity contribution in [3.8, 4) is 0 Å². The molecule has 1 unspecified atom stereocenters. The maximum atomic E-state index is 12.9. The second-order valence-corrected chi connectivity index (χ2v) is 22.3. The van der Waals surface area contributed by atoms with Crippen LogP contribution in [0.3, 0.4) is 0 Å². The Morgan fingerprint density at radius 3 is 0.787 bits per heavy atom. The van der Waals surface area contributed by atoms with Gasteiger partial charge in [-0.25, -0.2) is 0 Å². The van der Waals surface area contributed by atoms with Crippen molar-refractivity contribution >= 4 is 17.9 Å². The summed E-state index contributed by atoms with van der Waals surface area (Å²) in [5.41, 5.74) is 0. The topological polar surface area (TPSA) is 78.9 Å². The van der Waals surface area contributed by atoms with Gasteiger partial charge < -0.3 is 14.2 Å². The summed E-state index contributed by atoms with van der Waals surface area (Å²) in [7, 11) is 0. The fraction of sp³-hybridized carbons (Fsp3) is 0.716. The summed E-state index contributed by atoms with van der Waals surface area (Å²) < 4.78 is 16.9. The molecule has 0 aromatic heterocycles. The lowest BCUT2D eigenvalue weighted by Gasteiger charge is -2.18. The molecule has 1 atom stereocenters. The molecule has 0 aromatic carbocycles. The van der Waals surface area contributed by atoms with Crippen LogP contribution >= 0.6 is 0 Å². The first kappa shape index (κ1) is 76.1. The number of esters is 3. The Bertz CT molecular complexity index is 1610. The summed E-state index contributed by atoms with van der Waals surface area (Å²) in [6, 6.07) is 0. The van der Waals surface area contributed by atoms with E-state index in [-0.39, 0.29) is 31.1 Å². The molecule has 0 aliphatic rings. The Balaban J connectivity index is 4.31. The van der Waals surface area contributed by atoms with Crippen LogP contribution in [-0.2, 0) is 28.6 Å². The van der Waals surface area contributed by atoms with Gasteiger partial charge in [0, 0.05) is 19.3 Å². The summed E-state index contributed by atoms with van der Waals surface area (Å²) in [5.74, 6) is -0.898. The fourth-order valence-corrected chi connectivity index (χ4v) is 9.41. The highest BCUT2D eigenvalue weighted by atomic mass is 16.6. The highest BCUT2D eigenvalue weighted by Gasteiger charge is 2.19. The number of rotatable bonds is 61. The molecule has 0 fully saturated rings. The van der Waals surface area contributed by atoms with Crippen molar-refractivity contribution < 1.29 is 28.6 Å². The minimum atomic E-state index is -0.791. The maximum Gasteiger partial charge on any atom is 0.306 e. The van der Waals surface area contributed by atoms with Crippen LogP contribution in [0.1, 0.15) is 323 Å². The van der Waals surface area contributed by atoms with E-state index in [9.17, 15) is 14.4 Å². The Morgan fingerprint density at radius 2 is 0.487 bits per heavy atom. The summed E-state index contributed by atoms with van der Waals surface area (Å²) in [6.45, 7) is 6.49. The quantitative estimate of drug-likeness (QED) is 0.0261. The van der Waals surface area contributed by atoms with Crippen LogP contribution in [-0.4, -0.2) is 37.2 Å². The second kappa shape index (κ2) is 67.6. The lowest BCUT2D eigenvalue weighted by atomic mass is 10.0. The lowest BCUT2D eigenvalue weighted by Crippen LogP contribution is -2.30. The zero-order valence-corrected chi connectivity index (χ0v) is 52.6. The lowest BCUT2D eigenvalue weighted by molar-refractivity contribution is -0.167. The van der Waals surface area contributed by atoms with Gasteiger partial charge in [-0.15, -0.1) is 0 Å². The van der Waals surface area contributed by atoms with Gasteiger partial charge in [-0.1, -0.05) is 284 Å². The van der Waals surface area contributed by atoms with Gasteiger partial charge in [0.05, 0.1) is 0 Å². The number of ether oxygens (including phenoxy) is 3. The van der Waals surface area contributed by atoms with E-state index in [0.717, 1.165) is 122 Å². The van der Waals surface area contributed by atoms with Crippen molar-refractivity contribution in [3.63, 3.8) is 0 Å². The van der Waals surface area contributed by atoms with E-state index in [0.29, 0.717) is 19.3 Å². The minimum Gasteiger partial charge on any atom is -0.462 e. The van der Waals surface area contributed by atoms with Crippen molar-refractivity contribution in [3.05, 3.63) is 109 Å². The Labute approximate surface area is 495 Å². The third kappa shape index (κ3) is 64.9. The highest BCUT2D eigenvalue weighted by molar-refractivity contribution is 5.71. The molecule has 6 nitrogen and oxygen atoms in total.